The number of halogens is 2. The molecule has 0 spiro atoms. The smallest absolute Gasteiger partial charge is 0.262 e. The number of rotatable bonds is 9. The Morgan fingerprint density at radius 3 is 2.61 bits per heavy atom. The number of amides is 1. The molecular weight excluding hydrogens is 415 g/mol. The molecule has 0 unspecified atom stereocenters. The first-order chi connectivity index (χ1) is 15.0. The van der Waals surface area contributed by atoms with Crippen molar-refractivity contribution in [1.29, 1.82) is 0 Å². The minimum absolute atomic E-state index is 0.104. The number of carbonyl (C=O) groups excluding carboxylic acids is 1. The van der Waals surface area contributed by atoms with Crippen LogP contribution in [0, 0.1) is 5.82 Å². The molecule has 3 rings (SSSR count). The molecule has 0 aliphatic rings. The van der Waals surface area contributed by atoms with Gasteiger partial charge in [-0.15, -0.1) is 0 Å². The summed E-state index contributed by atoms with van der Waals surface area (Å²) in [5, 5.41) is 2.82. The molecule has 0 aliphatic heterocycles. The van der Waals surface area contributed by atoms with Crippen molar-refractivity contribution in [2.45, 2.75) is 26.2 Å². The standard InChI is InChI=1S/C25H24ClFN2O2/c1-2-3-6-18-9-12-20(13-10-18)28-16-19-11-14-24(21(26)15-19)31-17-25(30)29-23-8-5-4-7-22(23)27/h4-5,7-16H,2-3,6,17H2,1H3,(H,29,30). The Morgan fingerprint density at radius 1 is 1.13 bits per heavy atom. The zero-order valence-corrected chi connectivity index (χ0v) is 18.0. The van der Waals surface area contributed by atoms with Gasteiger partial charge in [-0.3, -0.25) is 9.79 Å². The molecule has 0 saturated heterocycles. The lowest BCUT2D eigenvalue weighted by atomic mass is 10.1. The van der Waals surface area contributed by atoms with Crippen molar-refractivity contribution in [3.05, 3.63) is 88.7 Å². The Balaban J connectivity index is 1.55. The average Bonchev–Trinajstić information content (AvgIpc) is 2.78. The van der Waals surface area contributed by atoms with Crippen LogP contribution >= 0.6 is 11.6 Å². The summed E-state index contributed by atoms with van der Waals surface area (Å²) in [6.07, 6.45) is 5.16. The van der Waals surface area contributed by atoms with Crippen molar-refractivity contribution in [3.8, 4) is 5.75 Å². The van der Waals surface area contributed by atoms with E-state index in [4.69, 9.17) is 16.3 Å². The average molecular weight is 439 g/mol. The van der Waals surface area contributed by atoms with Crippen LogP contribution < -0.4 is 10.1 Å². The highest BCUT2D eigenvalue weighted by Crippen LogP contribution is 2.25. The highest BCUT2D eigenvalue weighted by molar-refractivity contribution is 6.32. The van der Waals surface area contributed by atoms with E-state index >= 15 is 0 Å². The van der Waals surface area contributed by atoms with Crippen LogP contribution in [0.15, 0.2) is 71.7 Å². The van der Waals surface area contributed by atoms with E-state index in [-0.39, 0.29) is 12.3 Å². The second-order valence-electron chi connectivity index (χ2n) is 7.03. The first-order valence-corrected chi connectivity index (χ1v) is 10.5. The van der Waals surface area contributed by atoms with Crippen LogP contribution in [0.2, 0.25) is 5.02 Å². The third kappa shape index (κ3) is 6.93. The number of hydrogen-bond donors (Lipinski definition) is 1. The predicted octanol–water partition coefficient (Wildman–Crippen LogP) is 6.59. The first-order valence-electron chi connectivity index (χ1n) is 10.1. The number of para-hydroxylation sites is 1. The minimum Gasteiger partial charge on any atom is -0.482 e. The molecule has 0 radical (unpaired) electrons. The van der Waals surface area contributed by atoms with E-state index in [0.29, 0.717) is 10.8 Å². The summed E-state index contributed by atoms with van der Waals surface area (Å²) in [5.74, 6) is -0.620. The van der Waals surface area contributed by atoms with E-state index in [9.17, 15) is 9.18 Å². The number of benzene rings is 3. The highest BCUT2D eigenvalue weighted by atomic mass is 35.5. The van der Waals surface area contributed by atoms with Crippen molar-refractivity contribution in [2.24, 2.45) is 4.99 Å². The molecule has 0 saturated carbocycles. The Kier molecular flexibility index (Phi) is 8.19. The van der Waals surface area contributed by atoms with E-state index in [1.807, 2.05) is 12.1 Å². The van der Waals surface area contributed by atoms with Gasteiger partial charge in [-0.25, -0.2) is 4.39 Å². The van der Waals surface area contributed by atoms with Crippen LogP contribution in [0.5, 0.6) is 5.75 Å². The molecule has 4 nitrogen and oxygen atoms in total. The van der Waals surface area contributed by atoms with E-state index in [2.05, 4.69) is 29.4 Å². The van der Waals surface area contributed by atoms with Crippen LogP contribution in [0.25, 0.3) is 0 Å². The van der Waals surface area contributed by atoms with E-state index < -0.39 is 11.7 Å². The number of hydrogen-bond acceptors (Lipinski definition) is 3. The number of nitrogens with zero attached hydrogens (tertiary/aromatic N) is 1. The number of aliphatic imine (C=N–C) groups is 1. The molecule has 3 aromatic carbocycles. The molecule has 0 heterocycles. The molecule has 0 aliphatic carbocycles. The van der Waals surface area contributed by atoms with Crippen molar-refractivity contribution in [3.63, 3.8) is 0 Å². The fraction of sp³-hybridized carbons (Fsp3) is 0.200. The van der Waals surface area contributed by atoms with Crippen LogP contribution in [-0.4, -0.2) is 18.7 Å². The third-order valence-corrected chi connectivity index (χ3v) is 4.88. The summed E-state index contributed by atoms with van der Waals surface area (Å²) >= 11 is 6.27. The number of nitrogens with one attached hydrogen (secondary N) is 1. The van der Waals surface area contributed by atoms with Gasteiger partial charge < -0.3 is 10.1 Å². The Labute approximate surface area is 186 Å². The summed E-state index contributed by atoms with van der Waals surface area (Å²) in [6, 6.07) is 19.3. The molecule has 0 fully saturated rings. The van der Waals surface area contributed by atoms with E-state index in [1.54, 1.807) is 36.5 Å². The van der Waals surface area contributed by atoms with Crippen LogP contribution in [0.4, 0.5) is 15.8 Å². The predicted molar refractivity (Wildman–Crippen MR) is 124 cm³/mol. The topological polar surface area (TPSA) is 50.7 Å². The normalized spacial score (nSPS) is 10.9. The molecule has 1 amide bonds. The molecule has 1 N–H and O–H groups in total. The van der Waals surface area contributed by atoms with Gasteiger partial charge in [0.2, 0.25) is 0 Å². The lowest BCUT2D eigenvalue weighted by molar-refractivity contribution is -0.118. The molecule has 0 bridgehead atoms. The Hall–Kier alpha value is -3.18. The summed E-state index contributed by atoms with van der Waals surface area (Å²) in [5.41, 5.74) is 3.08. The third-order valence-electron chi connectivity index (χ3n) is 4.58. The van der Waals surface area contributed by atoms with Crippen LogP contribution in [0.3, 0.4) is 0 Å². The van der Waals surface area contributed by atoms with Gasteiger partial charge in [0, 0.05) is 6.21 Å². The van der Waals surface area contributed by atoms with Gasteiger partial charge in [0.1, 0.15) is 11.6 Å². The fourth-order valence-electron chi connectivity index (χ4n) is 2.89. The number of unbranched alkanes of at least 4 members (excludes halogenated alkanes) is 1. The monoisotopic (exact) mass is 438 g/mol. The van der Waals surface area contributed by atoms with Crippen molar-refractivity contribution in [2.75, 3.05) is 11.9 Å². The van der Waals surface area contributed by atoms with Crippen LogP contribution in [-0.2, 0) is 11.2 Å². The largest absolute Gasteiger partial charge is 0.482 e. The number of anilines is 1. The summed E-state index contributed by atoms with van der Waals surface area (Å²) in [7, 11) is 0. The van der Waals surface area contributed by atoms with Gasteiger partial charge in [0.15, 0.2) is 6.61 Å². The molecule has 0 atom stereocenters. The Morgan fingerprint density at radius 2 is 1.90 bits per heavy atom. The maximum absolute atomic E-state index is 13.6. The van der Waals surface area contributed by atoms with Crippen molar-refractivity contribution in [1.82, 2.24) is 0 Å². The zero-order valence-electron chi connectivity index (χ0n) is 17.3. The quantitative estimate of drug-likeness (QED) is 0.383. The molecule has 160 valence electrons. The van der Waals surface area contributed by atoms with Gasteiger partial charge in [0.05, 0.1) is 16.4 Å². The maximum Gasteiger partial charge on any atom is 0.262 e. The number of aryl methyl sites for hydroxylation is 1. The highest BCUT2D eigenvalue weighted by Gasteiger charge is 2.09. The second-order valence-corrected chi connectivity index (χ2v) is 7.44. The van der Waals surface area contributed by atoms with Gasteiger partial charge in [-0.2, -0.15) is 0 Å². The van der Waals surface area contributed by atoms with E-state index in [1.165, 1.54) is 30.5 Å². The van der Waals surface area contributed by atoms with Gasteiger partial charge in [-0.05, 0) is 66.4 Å². The second kappa shape index (κ2) is 11.3. The summed E-state index contributed by atoms with van der Waals surface area (Å²) in [6.45, 7) is 1.90. The lowest BCUT2D eigenvalue weighted by Crippen LogP contribution is -2.20. The Bertz CT molecular complexity index is 1050. The SMILES string of the molecule is CCCCc1ccc(N=Cc2ccc(OCC(=O)Nc3ccccc3F)c(Cl)c2)cc1. The molecule has 0 aromatic heterocycles. The number of carbonyl (C=O) groups is 1. The van der Waals surface area contributed by atoms with Crippen LogP contribution in [0.1, 0.15) is 30.9 Å². The number of ether oxygens (including phenoxy) is 1. The first kappa shape index (κ1) is 22.5. The van der Waals surface area contributed by atoms with E-state index in [0.717, 1.165) is 17.7 Å². The summed E-state index contributed by atoms with van der Waals surface area (Å²) < 4.78 is 19.1. The summed E-state index contributed by atoms with van der Waals surface area (Å²) in [4.78, 5) is 16.5. The fourth-order valence-corrected chi connectivity index (χ4v) is 3.13. The van der Waals surface area contributed by atoms with Gasteiger partial charge in [-0.1, -0.05) is 49.2 Å². The zero-order chi connectivity index (χ0) is 22.1. The maximum atomic E-state index is 13.6. The lowest BCUT2D eigenvalue weighted by Gasteiger charge is -2.09. The molecule has 3 aromatic rings. The molecule has 6 heteroatoms. The van der Waals surface area contributed by atoms with Crippen molar-refractivity contribution < 1.29 is 13.9 Å². The van der Waals surface area contributed by atoms with Gasteiger partial charge >= 0.3 is 0 Å². The molecule has 31 heavy (non-hydrogen) atoms. The van der Waals surface area contributed by atoms with Gasteiger partial charge in [0.25, 0.3) is 5.91 Å². The minimum atomic E-state index is -0.506. The van der Waals surface area contributed by atoms with Crippen molar-refractivity contribution >= 4 is 35.1 Å². The molecular formula is C25H24ClFN2O2.